The van der Waals surface area contributed by atoms with Crippen molar-refractivity contribution >= 4 is 27.3 Å². The first kappa shape index (κ1) is 23.1. The van der Waals surface area contributed by atoms with E-state index in [1.807, 2.05) is 25.1 Å². The molecule has 0 spiro atoms. The Labute approximate surface area is 186 Å². The second-order valence-electron chi connectivity index (χ2n) is 8.56. The molecule has 0 radical (unpaired) electrons. The van der Waals surface area contributed by atoms with E-state index in [4.69, 9.17) is 0 Å². The van der Waals surface area contributed by atoms with Gasteiger partial charge >= 0.3 is 0 Å². The van der Waals surface area contributed by atoms with Gasteiger partial charge in [-0.1, -0.05) is 37.3 Å². The molecule has 1 saturated heterocycles. The molecule has 1 N–H and O–H groups in total. The maximum atomic E-state index is 12.9. The number of nitrogens with zero attached hydrogens (tertiary/aromatic N) is 2. The van der Waals surface area contributed by atoms with Crippen LogP contribution in [0.3, 0.4) is 0 Å². The number of hydrogen-bond donors (Lipinski definition) is 1. The molecule has 0 aromatic heterocycles. The number of para-hydroxylation sites is 1. The highest BCUT2D eigenvalue weighted by atomic mass is 32.2. The first-order valence-electron chi connectivity index (χ1n) is 10.9. The Bertz CT molecular complexity index is 969. The van der Waals surface area contributed by atoms with Crippen LogP contribution in [-0.2, 0) is 14.8 Å². The van der Waals surface area contributed by atoms with Crippen molar-refractivity contribution in [1.29, 1.82) is 0 Å². The van der Waals surface area contributed by atoms with Crippen LogP contribution < -0.4 is 14.5 Å². The lowest BCUT2D eigenvalue weighted by Crippen LogP contribution is -2.48. The van der Waals surface area contributed by atoms with E-state index in [0.717, 1.165) is 35.1 Å². The van der Waals surface area contributed by atoms with Crippen LogP contribution in [0, 0.1) is 5.92 Å². The zero-order valence-electron chi connectivity index (χ0n) is 18.8. The van der Waals surface area contributed by atoms with Crippen molar-refractivity contribution in [2.75, 3.05) is 28.6 Å². The molecule has 2 aromatic carbocycles. The van der Waals surface area contributed by atoms with Crippen LogP contribution in [0.5, 0.6) is 0 Å². The van der Waals surface area contributed by atoms with Crippen molar-refractivity contribution in [2.24, 2.45) is 5.92 Å². The van der Waals surface area contributed by atoms with Crippen molar-refractivity contribution in [3.05, 3.63) is 60.2 Å². The van der Waals surface area contributed by atoms with Crippen LogP contribution in [0.4, 0.5) is 11.4 Å². The molecule has 1 fully saturated rings. The predicted molar refractivity (Wildman–Crippen MR) is 127 cm³/mol. The molecule has 1 aliphatic rings. The molecular formula is C24H33N3O3S. The minimum Gasteiger partial charge on any atom is -0.372 e. The van der Waals surface area contributed by atoms with Gasteiger partial charge in [0, 0.05) is 18.8 Å². The van der Waals surface area contributed by atoms with Crippen LogP contribution >= 0.6 is 0 Å². The zero-order valence-corrected chi connectivity index (χ0v) is 19.6. The number of nitrogens with one attached hydrogen (secondary N) is 1. The topological polar surface area (TPSA) is 69.7 Å². The third kappa shape index (κ3) is 5.79. The molecule has 0 aliphatic carbocycles. The molecule has 0 saturated carbocycles. The summed E-state index contributed by atoms with van der Waals surface area (Å²) >= 11 is 0. The molecule has 6 nitrogen and oxygen atoms in total. The van der Waals surface area contributed by atoms with Crippen LogP contribution in [0.2, 0.25) is 0 Å². The van der Waals surface area contributed by atoms with Crippen molar-refractivity contribution < 1.29 is 13.2 Å². The van der Waals surface area contributed by atoms with Crippen LogP contribution in [0.25, 0.3) is 0 Å². The van der Waals surface area contributed by atoms with Crippen LogP contribution in [0.1, 0.15) is 45.2 Å². The molecule has 3 rings (SSSR count). The summed E-state index contributed by atoms with van der Waals surface area (Å²) in [5.74, 6) is 0.450. The van der Waals surface area contributed by atoms with E-state index in [2.05, 4.69) is 29.3 Å². The summed E-state index contributed by atoms with van der Waals surface area (Å²) in [7, 11) is -3.62. The quantitative estimate of drug-likeness (QED) is 0.703. The Balaban J connectivity index is 1.67. The molecule has 0 bridgehead atoms. The molecule has 1 aliphatic heterocycles. The summed E-state index contributed by atoms with van der Waals surface area (Å²) in [6, 6.07) is 15.9. The monoisotopic (exact) mass is 443 g/mol. The number of piperidine rings is 1. The van der Waals surface area contributed by atoms with E-state index in [0.29, 0.717) is 5.69 Å². The zero-order chi connectivity index (χ0) is 22.6. The third-order valence-corrected chi connectivity index (χ3v) is 7.24. The molecular weight excluding hydrogens is 410 g/mol. The Morgan fingerprint density at radius 2 is 1.61 bits per heavy atom. The highest BCUT2D eigenvalue weighted by Crippen LogP contribution is 2.25. The Kier molecular flexibility index (Phi) is 7.26. The first-order valence-corrected chi connectivity index (χ1v) is 12.7. The fourth-order valence-corrected chi connectivity index (χ4v) is 5.22. The third-order valence-electron chi connectivity index (χ3n) is 6.00. The average Bonchev–Trinajstić information content (AvgIpc) is 2.74. The minimum atomic E-state index is -3.62. The van der Waals surface area contributed by atoms with Gasteiger partial charge in [-0.2, -0.15) is 0 Å². The molecule has 2 aromatic rings. The van der Waals surface area contributed by atoms with Gasteiger partial charge in [0.25, 0.3) is 0 Å². The number of sulfonamides is 1. The van der Waals surface area contributed by atoms with E-state index in [9.17, 15) is 13.2 Å². The van der Waals surface area contributed by atoms with Crippen molar-refractivity contribution in [3.63, 3.8) is 0 Å². The standard InChI is InChI=1S/C24H33N3O3S/c1-18-14-16-26(17-15-18)22-12-10-21(11-13-22)19(2)25-24(28)20(3)27(31(4,29)30)23-8-6-5-7-9-23/h5-13,18-20H,14-17H2,1-4H3,(H,25,28). The van der Waals surface area contributed by atoms with Crippen LogP contribution in [-0.4, -0.2) is 39.7 Å². The maximum Gasteiger partial charge on any atom is 0.244 e. The van der Waals surface area contributed by atoms with E-state index < -0.39 is 16.1 Å². The Morgan fingerprint density at radius 3 is 2.16 bits per heavy atom. The molecule has 2 atom stereocenters. The molecule has 1 heterocycles. The van der Waals surface area contributed by atoms with Gasteiger partial charge in [0.1, 0.15) is 6.04 Å². The molecule has 168 valence electrons. The molecule has 1 amide bonds. The molecule has 31 heavy (non-hydrogen) atoms. The number of amides is 1. The minimum absolute atomic E-state index is 0.234. The fourth-order valence-electron chi connectivity index (χ4n) is 4.04. The second kappa shape index (κ2) is 9.73. The number of carbonyl (C=O) groups is 1. The van der Waals surface area contributed by atoms with Crippen molar-refractivity contribution in [3.8, 4) is 0 Å². The second-order valence-corrected chi connectivity index (χ2v) is 10.4. The van der Waals surface area contributed by atoms with Gasteiger partial charge in [-0.3, -0.25) is 9.10 Å². The van der Waals surface area contributed by atoms with E-state index in [1.165, 1.54) is 18.5 Å². The number of anilines is 2. The van der Waals surface area contributed by atoms with Gasteiger partial charge < -0.3 is 10.2 Å². The van der Waals surface area contributed by atoms with E-state index in [-0.39, 0.29) is 11.9 Å². The smallest absolute Gasteiger partial charge is 0.244 e. The highest BCUT2D eigenvalue weighted by molar-refractivity contribution is 7.92. The summed E-state index contributed by atoms with van der Waals surface area (Å²) in [5, 5.41) is 2.96. The summed E-state index contributed by atoms with van der Waals surface area (Å²) in [6.07, 6.45) is 3.54. The van der Waals surface area contributed by atoms with Gasteiger partial charge in [-0.05, 0) is 62.4 Å². The van der Waals surface area contributed by atoms with Gasteiger partial charge in [-0.15, -0.1) is 0 Å². The lowest BCUT2D eigenvalue weighted by Gasteiger charge is -2.32. The maximum absolute atomic E-state index is 12.9. The highest BCUT2D eigenvalue weighted by Gasteiger charge is 2.29. The fraction of sp³-hybridized carbons (Fsp3) is 0.458. The summed E-state index contributed by atoms with van der Waals surface area (Å²) < 4.78 is 25.9. The number of benzene rings is 2. The van der Waals surface area contributed by atoms with E-state index in [1.54, 1.807) is 31.2 Å². The Morgan fingerprint density at radius 1 is 1.03 bits per heavy atom. The average molecular weight is 444 g/mol. The largest absolute Gasteiger partial charge is 0.372 e. The summed E-state index contributed by atoms with van der Waals surface area (Å²) in [6.45, 7) is 7.97. The molecule has 2 unspecified atom stereocenters. The first-order chi connectivity index (χ1) is 14.7. The summed E-state index contributed by atoms with van der Waals surface area (Å²) in [5.41, 5.74) is 2.66. The van der Waals surface area contributed by atoms with Crippen LogP contribution in [0.15, 0.2) is 54.6 Å². The van der Waals surface area contributed by atoms with Crippen molar-refractivity contribution in [1.82, 2.24) is 5.32 Å². The van der Waals surface area contributed by atoms with Gasteiger partial charge in [0.2, 0.25) is 15.9 Å². The van der Waals surface area contributed by atoms with Gasteiger partial charge in [0.15, 0.2) is 0 Å². The SMILES string of the molecule is CC1CCN(c2ccc(C(C)NC(=O)C(C)N(c3ccccc3)S(C)(=O)=O)cc2)CC1. The number of hydrogen-bond acceptors (Lipinski definition) is 4. The normalized spacial score (nSPS) is 17.1. The lowest BCUT2D eigenvalue weighted by atomic mass is 9.98. The van der Waals surface area contributed by atoms with Gasteiger partial charge in [0.05, 0.1) is 18.0 Å². The van der Waals surface area contributed by atoms with E-state index >= 15 is 0 Å². The molecule has 7 heteroatoms. The van der Waals surface area contributed by atoms with Crippen molar-refractivity contribution in [2.45, 2.75) is 45.7 Å². The lowest BCUT2D eigenvalue weighted by molar-refractivity contribution is -0.122. The number of carbonyl (C=O) groups excluding carboxylic acids is 1. The number of rotatable bonds is 7. The van der Waals surface area contributed by atoms with Gasteiger partial charge in [-0.25, -0.2) is 8.42 Å². The Hall–Kier alpha value is -2.54. The summed E-state index contributed by atoms with van der Waals surface area (Å²) in [4.78, 5) is 15.3. The predicted octanol–water partition coefficient (Wildman–Crippen LogP) is 3.95.